The number of thiazole rings is 1. The predicted octanol–water partition coefficient (Wildman–Crippen LogP) is 1.31. The van der Waals surface area contributed by atoms with Gasteiger partial charge in [0, 0.05) is 30.7 Å². The summed E-state index contributed by atoms with van der Waals surface area (Å²) in [5, 5.41) is 9.88. The molecule has 1 amide bonds. The minimum absolute atomic E-state index is 0.0708. The van der Waals surface area contributed by atoms with E-state index in [9.17, 15) is 4.79 Å². The summed E-state index contributed by atoms with van der Waals surface area (Å²) in [6.45, 7) is 3.54. The van der Waals surface area contributed by atoms with E-state index in [2.05, 4.69) is 24.8 Å². The molecule has 0 saturated carbocycles. The first-order valence-corrected chi connectivity index (χ1v) is 7.63. The van der Waals surface area contributed by atoms with E-state index in [4.69, 9.17) is 0 Å². The molecule has 2 aromatic rings. The molecule has 1 N–H and O–H groups in total. The van der Waals surface area contributed by atoms with Crippen LogP contribution in [-0.4, -0.2) is 39.6 Å². The van der Waals surface area contributed by atoms with Crippen LogP contribution in [0.25, 0.3) is 0 Å². The van der Waals surface area contributed by atoms with Gasteiger partial charge >= 0.3 is 0 Å². The van der Waals surface area contributed by atoms with Crippen molar-refractivity contribution in [1.29, 1.82) is 0 Å². The zero-order valence-corrected chi connectivity index (χ0v) is 12.0. The van der Waals surface area contributed by atoms with E-state index in [0.29, 0.717) is 10.6 Å². The summed E-state index contributed by atoms with van der Waals surface area (Å²) in [5.41, 5.74) is 0.692. The molecule has 1 unspecified atom stereocenters. The van der Waals surface area contributed by atoms with Gasteiger partial charge < -0.3 is 10.2 Å². The van der Waals surface area contributed by atoms with Crippen LogP contribution in [0.5, 0.6) is 0 Å². The van der Waals surface area contributed by atoms with E-state index in [-0.39, 0.29) is 11.9 Å². The molecule has 0 bridgehead atoms. The second kappa shape index (κ2) is 5.22. The molecule has 1 aliphatic heterocycles. The van der Waals surface area contributed by atoms with Crippen molar-refractivity contribution in [2.75, 3.05) is 18.0 Å². The molecule has 0 aromatic carbocycles. The first-order chi connectivity index (χ1) is 9.24. The third-order valence-corrected chi connectivity index (χ3v) is 4.73. The molecular weight excluding hydrogens is 282 g/mol. The second-order valence-electron chi connectivity index (χ2n) is 4.41. The number of anilines is 1. The van der Waals surface area contributed by atoms with Crippen LogP contribution in [0.3, 0.4) is 0 Å². The zero-order chi connectivity index (χ0) is 13.2. The Kier molecular flexibility index (Phi) is 3.43. The van der Waals surface area contributed by atoms with Crippen molar-refractivity contribution in [2.24, 2.45) is 0 Å². The van der Waals surface area contributed by atoms with Gasteiger partial charge in [0.15, 0.2) is 5.13 Å². The fourth-order valence-electron chi connectivity index (χ4n) is 2.11. The molecule has 3 rings (SSSR count). The van der Waals surface area contributed by atoms with Crippen LogP contribution in [0.2, 0.25) is 0 Å². The van der Waals surface area contributed by atoms with Crippen molar-refractivity contribution in [3.8, 4) is 0 Å². The van der Waals surface area contributed by atoms with Gasteiger partial charge in [0.2, 0.25) is 0 Å². The highest BCUT2D eigenvalue weighted by atomic mass is 32.1. The fraction of sp³-hybridized carbons (Fsp3) is 0.455. The summed E-state index contributed by atoms with van der Waals surface area (Å²) in [5.74, 6) is -0.0708. The average molecular weight is 295 g/mol. The predicted molar refractivity (Wildman–Crippen MR) is 74.8 cm³/mol. The quantitative estimate of drug-likeness (QED) is 0.924. The molecule has 8 heteroatoms. The Morgan fingerprint density at radius 3 is 3.16 bits per heavy atom. The van der Waals surface area contributed by atoms with Crippen molar-refractivity contribution in [1.82, 2.24) is 19.9 Å². The first-order valence-electron chi connectivity index (χ1n) is 5.98. The van der Waals surface area contributed by atoms with Gasteiger partial charge in [-0.25, -0.2) is 4.98 Å². The van der Waals surface area contributed by atoms with Crippen LogP contribution >= 0.6 is 22.9 Å². The van der Waals surface area contributed by atoms with Gasteiger partial charge in [0.1, 0.15) is 4.88 Å². The Morgan fingerprint density at radius 2 is 2.47 bits per heavy atom. The van der Waals surface area contributed by atoms with Gasteiger partial charge in [0.25, 0.3) is 5.91 Å². The van der Waals surface area contributed by atoms with Crippen LogP contribution in [0, 0.1) is 6.92 Å². The van der Waals surface area contributed by atoms with Gasteiger partial charge in [-0.2, -0.15) is 0 Å². The SMILES string of the molecule is Cc1nnsc1C(=O)NC1CCN(c2nccs2)C1. The van der Waals surface area contributed by atoms with Crippen LogP contribution in [0.15, 0.2) is 11.6 Å². The summed E-state index contributed by atoms with van der Waals surface area (Å²) in [6.07, 6.45) is 2.74. The fourth-order valence-corrected chi connectivity index (χ4v) is 3.35. The first kappa shape index (κ1) is 12.5. The van der Waals surface area contributed by atoms with E-state index in [1.54, 1.807) is 24.5 Å². The third kappa shape index (κ3) is 2.59. The van der Waals surface area contributed by atoms with E-state index in [1.807, 2.05) is 5.38 Å². The molecule has 1 atom stereocenters. The van der Waals surface area contributed by atoms with E-state index < -0.39 is 0 Å². The van der Waals surface area contributed by atoms with Crippen molar-refractivity contribution in [3.05, 3.63) is 22.1 Å². The summed E-state index contributed by atoms with van der Waals surface area (Å²) in [6, 6.07) is 0.165. The largest absolute Gasteiger partial charge is 0.347 e. The number of nitrogens with zero attached hydrogens (tertiary/aromatic N) is 4. The lowest BCUT2D eigenvalue weighted by Crippen LogP contribution is -2.37. The Balaban J connectivity index is 1.60. The van der Waals surface area contributed by atoms with E-state index >= 15 is 0 Å². The number of aromatic nitrogens is 3. The molecular formula is C11H13N5OS2. The Hall–Kier alpha value is -1.54. The monoisotopic (exact) mass is 295 g/mol. The number of hydrogen-bond acceptors (Lipinski definition) is 7. The molecule has 100 valence electrons. The molecule has 6 nitrogen and oxygen atoms in total. The maximum absolute atomic E-state index is 12.1. The number of carbonyl (C=O) groups is 1. The minimum atomic E-state index is -0.0708. The van der Waals surface area contributed by atoms with Gasteiger partial charge in [-0.15, -0.1) is 16.4 Å². The number of aryl methyl sites for hydroxylation is 1. The van der Waals surface area contributed by atoms with Crippen LogP contribution in [0.1, 0.15) is 21.8 Å². The molecule has 3 heterocycles. The molecule has 0 aliphatic carbocycles. The number of amides is 1. The lowest BCUT2D eigenvalue weighted by atomic mass is 10.2. The molecule has 1 aliphatic rings. The lowest BCUT2D eigenvalue weighted by molar-refractivity contribution is 0.0943. The smallest absolute Gasteiger partial charge is 0.265 e. The van der Waals surface area contributed by atoms with E-state index in [1.165, 1.54) is 0 Å². The molecule has 0 spiro atoms. The number of carbonyl (C=O) groups excluding carboxylic acids is 1. The second-order valence-corrected chi connectivity index (χ2v) is 6.03. The summed E-state index contributed by atoms with van der Waals surface area (Å²) >= 11 is 2.77. The Bertz CT molecular complexity index is 567. The van der Waals surface area contributed by atoms with Crippen LogP contribution < -0.4 is 10.2 Å². The van der Waals surface area contributed by atoms with Crippen LogP contribution in [0.4, 0.5) is 5.13 Å². The minimum Gasteiger partial charge on any atom is -0.347 e. The van der Waals surface area contributed by atoms with Crippen molar-refractivity contribution >= 4 is 33.9 Å². The van der Waals surface area contributed by atoms with Gasteiger partial charge in [-0.3, -0.25) is 4.79 Å². The summed E-state index contributed by atoms with van der Waals surface area (Å²) < 4.78 is 3.79. The Morgan fingerprint density at radius 1 is 1.58 bits per heavy atom. The lowest BCUT2D eigenvalue weighted by Gasteiger charge is -2.15. The summed E-state index contributed by atoms with van der Waals surface area (Å²) in [4.78, 5) is 19.2. The topological polar surface area (TPSA) is 71.0 Å². The maximum atomic E-state index is 12.1. The normalized spacial score (nSPS) is 18.8. The highest BCUT2D eigenvalue weighted by Crippen LogP contribution is 2.22. The molecule has 1 fully saturated rings. The van der Waals surface area contributed by atoms with E-state index in [0.717, 1.165) is 36.2 Å². The number of rotatable bonds is 3. The highest BCUT2D eigenvalue weighted by molar-refractivity contribution is 7.13. The van der Waals surface area contributed by atoms with Crippen LogP contribution in [-0.2, 0) is 0 Å². The molecule has 19 heavy (non-hydrogen) atoms. The maximum Gasteiger partial charge on any atom is 0.265 e. The number of nitrogens with one attached hydrogen (secondary N) is 1. The van der Waals surface area contributed by atoms with Gasteiger partial charge in [-0.05, 0) is 24.9 Å². The molecule has 0 radical (unpaired) electrons. The molecule has 1 saturated heterocycles. The van der Waals surface area contributed by atoms with Gasteiger partial charge in [-0.1, -0.05) is 4.49 Å². The number of hydrogen-bond donors (Lipinski definition) is 1. The third-order valence-electron chi connectivity index (χ3n) is 3.07. The summed E-state index contributed by atoms with van der Waals surface area (Å²) in [7, 11) is 0. The van der Waals surface area contributed by atoms with Crippen molar-refractivity contribution in [3.63, 3.8) is 0 Å². The van der Waals surface area contributed by atoms with Crippen molar-refractivity contribution < 1.29 is 4.79 Å². The Labute approximate surface area is 118 Å². The van der Waals surface area contributed by atoms with Gasteiger partial charge in [0.05, 0.1) is 5.69 Å². The molecule has 2 aromatic heterocycles. The standard InChI is InChI=1S/C11H13N5OS2/c1-7-9(19-15-14-7)10(17)13-8-2-4-16(6-8)11-12-3-5-18-11/h3,5,8H,2,4,6H2,1H3,(H,13,17). The highest BCUT2D eigenvalue weighted by Gasteiger charge is 2.26. The zero-order valence-electron chi connectivity index (χ0n) is 10.4. The average Bonchev–Trinajstić information content (AvgIpc) is 3.07. The van der Waals surface area contributed by atoms with Crippen molar-refractivity contribution in [2.45, 2.75) is 19.4 Å².